The third-order valence-electron chi connectivity index (χ3n) is 3.82. The van der Waals surface area contributed by atoms with Crippen LogP contribution in [0, 0.1) is 0 Å². The van der Waals surface area contributed by atoms with Gasteiger partial charge in [0.1, 0.15) is 6.61 Å². The second-order valence-electron chi connectivity index (χ2n) is 5.40. The molecule has 1 aliphatic rings. The third kappa shape index (κ3) is 4.41. The summed E-state index contributed by atoms with van der Waals surface area (Å²) in [6.45, 7) is 3.65. The molecule has 0 atom stereocenters. The van der Waals surface area contributed by atoms with Crippen molar-refractivity contribution in [2.75, 3.05) is 31.2 Å². The van der Waals surface area contributed by atoms with Crippen LogP contribution >= 0.6 is 23.2 Å². The largest absolute Gasteiger partial charge is 0.391 e. The molecule has 0 aliphatic carbocycles. The maximum absolute atomic E-state index is 6.09. The second kappa shape index (κ2) is 8.38. The molecule has 0 N–H and O–H groups in total. The molecule has 4 nitrogen and oxygen atoms in total. The van der Waals surface area contributed by atoms with Gasteiger partial charge in [0.05, 0.1) is 19.4 Å². The van der Waals surface area contributed by atoms with E-state index >= 15 is 0 Å². The van der Waals surface area contributed by atoms with Gasteiger partial charge in [-0.15, -0.1) is 0 Å². The SMILES string of the molecule is Clc1cccc(Cl)c1CO/N=C/c1ccc(N2CCOCC2)cc1. The Labute approximate surface area is 151 Å². The van der Waals surface area contributed by atoms with Gasteiger partial charge in [0.2, 0.25) is 0 Å². The molecule has 0 amide bonds. The Kier molecular flexibility index (Phi) is 5.96. The number of benzene rings is 2. The van der Waals surface area contributed by atoms with E-state index in [9.17, 15) is 0 Å². The van der Waals surface area contributed by atoms with Crippen LogP contribution in [0.5, 0.6) is 0 Å². The lowest BCUT2D eigenvalue weighted by Gasteiger charge is -2.28. The number of anilines is 1. The highest BCUT2D eigenvalue weighted by molar-refractivity contribution is 6.35. The van der Waals surface area contributed by atoms with Crippen LogP contribution in [0.3, 0.4) is 0 Å². The van der Waals surface area contributed by atoms with E-state index in [4.69, 9.17) is 32.8 Å². The fourth-order valence-electron chi connectivity index (χ4n) is 2.46. The van der Waals surface area contributed by atoms with E-state index in [-0.39, 0.29) is 6.61 Å². The summed E-state index contributed by atoms with van der Waals surface area (Å²) in [5, 5.41) is 5.14. The molecule has 0 radical (unpaired) electrons. The van der Waals surface area contributed by atoms with Gasteiger partial charge in [-0.3, -0.25) is 0 Å². The molecule has 1 saturated heterocycles. The van der Waals surface area contributed by atoms with Gasteiger partial charge in [-0.2, -0.15) is 0 Å². The summed E-state index contributed by atoms with van der Waals surface area (Å²) >= 11 is 12.2. The van der Waals surface area contributed by atoms with Crippen molar-refractivity contribution >= 4 is 35.1 Å². The van der Waals surface area contributed by atoms with Crippen molar-refractivity contribution in [3.05, 3.63) is 63.6 Å². The zero-order valence-electron chi connectivity index (χ0n) is 13.1. The van der Waals surface area contributed by atoms with E-state index in [2.05, 4.69) is 22.2 Å². The molecule has 24 heavy (non-hydrogen) atoms. The molecule has 2 aromatic carbocycles. The summed E-state index contributed by atoms with van der Waals surface area (Å²) in [6, 6.07) is 13.5. The summed E-state index contributed by atoms with van der Waals surface area (Å²) in [6.07, 6.45) is 1.67. The summed E-state index contributed by atoms with van der Waals surface area (Å²) in [5.41, 5.74) is 2.90. The molecular formula is C18H18Cl2N2O2. The van der Waals surface area contributed by atoms with Crippen LogP contribution < -0.4 is 4.90 Å². The van der Waals surface area contributed by atoms with Crippen molar-refractivity contribution in [3.8, 4) is 0 Å². The molecule has 0 saturated carbocycles. The summed E-state index contributed by atoms with van der Waals surface area (Å²) in [4.78, 5) is 7.61. The Hall–Kier alpha value is -1.75. The Morgan fingerprint density at radius 2 is 1.71 bits per heavy atom. The lowest BCUT2D eigenvalue weighted by molar-refractivity contribution is 0.122. The maximum Gasteiger partial charge on any atom is 0.145 e. The molecule has 0 unspecified atom stereocenters. The van der Waals surface area contributed by atoms with Crippen molar-refractivity contribution in [1.29, 1.82) is 0 Å². The minimum absolute atomic E-state index is 0.237. The van der Waals surface area contributed by atoms with Crippen LogP contribution in [0.2, 0.25) is 10.0 Å². The Morgan fingerprint density at radius 1 is 1.04 bits per heavy atom. The molecule has 6 heteroatoms. The number of nitrogens with zero attached hydrogens (tertiary/aromatic N) is 2. The van der Waals surface area contributed by atoms with Gasteiger partial charge in [0, 0.05) is 34.4 Å². The average Bonchev–Trinajstić information content (AvgIpc) is 2.62. The number of halogens is 2. The van der Waals surface area contributed by atoms with Crippen molar-refractivity contribution in [2.24, 2.45) is 5.16 Å². The van der Waals surface area contributed by atoms with E-state index in [1.54, 1.807) is 24.4 Å². The lowest BCUT2D eigenvalue weighted by Crippen LogP contribution is -2.36. The molecule has 0 aromatic heterocycles. The lowest BCUT2D eigenvalue weighted by atomic mass is 10.2. The standard InChI is InChI=1S/C18H18Cl2N2O2/c19-17-2-1-3-18(20)16(17)13-24-21-12-14-4-6-15(7-5-14)22-8-10-23-11-9-22/h1-7,12H,8-11,13H2/b21-12+. The molecule has 0 spiro atoms. The zero-order chi connectivity index (χ0) is 16.8. The fraction of sp³-hybridized carbons (Fsp3) is 0.278. The van der Waals surface area contributed by atoms with Gasteiger partial charge >= 0.3 is 0 Å². The quantitative estimate of drug-likeness (QED) is 0.583. The Morgan fingerprint density at radius 3 is 2.38 bits per heavy atom. The van der Waals surface area contributed by atoms with Gasteiger partial charge in [-0.05, 0) is 29.8 Å². The third-order valence-corrected chi connectivity index (χ3v) is 4.52. The second-order valence-corrected chi connectivity index (χ2v) is 6.21. The van der Waals surface area contributed by atoms with Crippen LogP contribution in [0.25, 0.3) is 0 Å². The smallest absolute Gasteiger partial charge is 0.145 e. The summed E-state index contributed by atoms with van der Waals surface area (Å²) in [5.74, 6) is 0. The molecule has 1 fully saturated rings. The minimum Gasteiger partial charge on any atom is -0.391 e. The van der Waals surface area contributed by atoms with Crippen LogP contribution in [-0.2, 0) is 16.2 Å². The van der Waals surface area contributed by atoms with Crippen LogP contribution in [0.15, 0.2) is 47.6 Å². The van der Waals surface area contributed by atoms with E-state index in [1.807, 2.05) is 12.1 Å². The van der Waals surface area contributed by atoms with Gasteiger partial charge in [0.25, 0.3) is 0 Å². The summed E-state index contributed by atoms with van der Waals surface area (Å²) < 4.78 is 5.37. The number of ether oxygens (including phenoxy) is 1. The van der Waals surface area contributed by atoms with Crippen LogP contribution in [0.4, 0.5) is 5.69 Å². The maximum atomic E-state index is 6.09. The van der Waals surface area contributed by atoms with Crippen LogP contribution in [-0.4, -0.2) is 32.5 Å². The molecule has 1 aliphatic heterocycles. The first kappa shape index (κ1) is 17.1. The number of oxime groups is 1. The predicted octanol–water partition coefficient (Wildman–Crippen LogP) is 4.38. The van der Waals surface area contributed by atoms with Crippen molar-refractivity contribution in [1.82, 2.24) is 0 Å². The van der Waals surface area contributed by atoms with Crippen molar-refractivity contribution < 1.29 is 9.57 Å². The predicted molar refractivity (Wildman–Crippen MR) is 98.3 cm³/mol. The van der Waals surface area contributed by atoms with Gasteiger partial charge in [0.15, 0.2) is 0 Å². The number of hydrogen-bond acceptors (Lipinski definition) is 4. The Bertz CT molecular complexity index is 678. The first-order chi connectivity index (χ1) is 11.7. The van der Waals surface area contributed by atoms with Crippen molar-refractivity contribution in [3.63, 3.8) is 0 Å². The molecule has 2 aromatic rings. The number of rotatable bonds is 5. The normalized spacial score (nSPS) is 15.0. The summed E-state index contributed by atoms with van der Waals surface area (Å²) in [7, 11) is 0. The molecule has 1 heterocycles. The monoisotopic (exact) mass is 364 g/mol. The van der Waals surface area contributed by atoms with Crippen LogP contribution in [0.1, 0.15) is 11.1 Å². The zero-order valence-corrected chi connectivity index (χ0v) is 14.6. The number of morpholine rings is 1. The fourth-order valence-corrected chi connectivity index (χ4v) is 2.97. The molecular weight excluding hydrogens is 347 g/mol. The molecule has 3 rings (SSSR count). The average molecular weight is 365 g/mol. The number of hydrogen-bond donors (Lipinski definition) is 0. The first-order valence-electron chi connectivity index (χ1n) is 7.75. The first-order valence-corrected chi connectivity index (χ1v) is 8.50. The topological polar surface area (TPSA) is 34.1 Å². The molecule has 0 bridgehead atoms. The van der Waals surface area contributed by atoms with E-state index in [1.165, 1.54) is 5.69 Å². The molecule has 126 valence electrons. The Balaban J connectivity index is 1.55. The highest BCUT2D eigenvalue weighted by atomic mass is 35.5. The highest BCUT2D eigenvalue weighted by Gasteiger charge is 2.10. The van der Waals surface area contributed by atoms with Gasteiger partial charge in [-0.25, -0.2) is 0 Å². The minimum atomic E-state index is 0.237. The van der Waals surface area contributed by atoms with E-state index in [0.29, 0.717) is 10.0 Å². The van der Waals surface area contributed by atoms with E-state index in [0.717, 1.165) is 37.4 Å². The van der Waals surface area contributed by atoms with Gasteiger partial charge in [-0.1, -0.05) is 46.6 Å². The van der Waals surface area contributed by atoms with Gasteiger partial charge < -0.3 is 14.5 Å². The van der Waals surface area contributed by atoms with E-state index < -0.39 is 0 Å². The highest BCUT2D eigenvalue weighted by Crippen LogP contribution is 2.24. The van der Waals surface area contributed by atoms with Crippen molar-refractivity contribution in [2.45, 2.75) is 6.61 Å².